The molecule has 1 aromatic heterocycles. The summed E-state index contributed by atoms with van der Waals surface area (Å²) in [4.78, 5) is 23.6. The maximum Gasteiger partial charge on any atom is 0.274 e. The lowest BCUT2D eigenvalue weighted by Crippen LogP contribution is -2.29. The van der Waals surface area contributed by atoms with E-state index in [-0.39, 0.29) is 5.91 Å². The van der Waals surface area contributed by atoms with Crippen molar-refractivity contribution in [1.29, 1.82) is 0 Å². The Bertz CT molecular complexity index is 754. The number of hydrogen-bond acceptors (Lipinski definition) is 5. The second kappa shape index (κ2) is 9.35. The fourth-order valence-electron chi connectivity index (χ4n) is 3.27. The summed E-state index contributed by atoms with van der Waals surface area (Å²) in [7, 11) is 0. The van der Waals surface area contributed by atoms with Gasteiger partial charge in [-0.15, -0.1) is 0 Å². The molecule has 1 saturated heterocycles. The number of nitrogens with one attached hydrogen (secondary N) is 2. The number of piperidine rings is 1. The van der Waals surface area contributed by atoms with Crippen LogP contribution < -0.4 is 15.5 Å². The third-order valence-electron chi connectivity index (χ3n) is 4.75. The molecular weight excluding hydrogens is 338 g/mol. The van der Waals surface area contributed by atoms with Crippen LogP contribution in [-0.2, 0) is 0 Å². The summed E-state index contributed by atoms with van der Waals surface area (Å²) < 4.78 is 0. The van der Waals surface area contributed by atoms with Crippen LogP contribution in [0.5, 0.6) is 0 Å². The van der Waals surface area contributed by atoms with E-state index in [4.69, 9.17) is 0 Å². The van der Waals surface area contributed by atoms with E-state index in [9.17, 15) is 4.79 Å². The van der Waals surface area contributed by atoms with Gasteiger partial charge < -0.3 is 15.5 Å². The van der Waals surface area contributed by atoms with Gasteiger partial charge in [-0.2, -0.15) is 0 Å². The molecule has 0 saturated carbocycles. The van der Waals surface area contributed by atoms with Crippen LogP contribution in [-0.4, -0.2) is 35.5 Å². The third kappa shape index (κ3) is 5.42. The average Bonchev–Trinajstić information content (AvgIpc) is 2.69. The summed E-state index contributed by atoms with van der Waals surface area (Å²) in [5.41, 5.74) is 2.37. The van der Waals surface area contributed by atoms with E-state index in [1.54, 1.807) is 13.0 Å². The van der Waals surface area contributed by atoms with Crippen LogP contribution >= 0.6 is 0 Å². The molecule has 27 heavy (non-hydrogen) atoms. The molecule has 2 N–H and O–H groups in total. The van der Waals surface area contributed by atoms with E-state index >= 15 is 0 Å². The van der Waals surface area contributed by atoms with Crippen LogP contribution in [0.25, 0.3) is 0 Å². The van der Waals surface area contributed by atoms with Crippen molar-refractivity contribution < 1.29 is 4.79 Å². The van der Waals surface area contributed by atoms with Gasteiger partial charge in [0, 0.05) is 37.1 Å². The predicted molar refractivity (Wildman–Crippen MR) is 111 cm³/mol. The van der Waals surface area contributed by atoms with Crippen molar-refractivity contribution in [3.63, 3.8) is 0 Å². The molecule has 1 fully saturated rings. The molecule has 1 amide bonds. The molecule has 2 aromatic rings. The van der Waals surface area contributed by atoms with E-state index in [1.165, 1.54) is 24.9 Å². The standard InChI is InChI=1S/C21H29N5O/c1-3-4-12-22-20-15-19(23-16(2)24-20)21(27)25-17-8-10-18(11-9-17)26-13-6-5-7-14-26/h8-11,15H,3-7,12-14H2,1-2H3,(H,25,27)(H,22,23,24). The van der Waals surface area contributed by atoms with Crippen LogP contribution in [0.15, 0.2) is 30.3 Å². The molecule has 6 nitrogen and oxygen atoms in total. The average molecular weight is 367 g/mol. The van der Waals surface area contributed by atoms with Crippen LogP contribution in [0.4, 0.5) is 17.2 Å². The third-order valence-corrected chi connectivity index (χ3v) is 4.75. The Kier molecular flexibility index (Phi) is 6.63. The molecular formula is C21H29N5O. The maximum absolute atomic E-state index is 12.6. The highest BCUT2D eigenvalue weighted by Crippen LogP contribution is 2.22. The molecule has 3 rings (SSSR count). The molecule has 0 atom stereocenters. The van der Waals surface area contributed by atoms with E-state index < -0.39 is 0 Å². The van der Waals surface area contributed by atoms with Crippen molar-refractivity contribution in [2.75, 3.05) is 35.2 Å². The van der Waals surface area contributed by atoms with Gasteiger partial charge >= 0.3 is 0 Å². The topological polar surface area (TPSA) is 70.2 Å². The molecule has 0 radical (unpaired) electrons. The van der Waals surface area contributed by atoms with Crippen molar-refractivity contribution in [1.82, 2.24) is 9.97 Å². The number of anilines is 3. The second-order valence-electron chi connectivity index (χ2n) is 7.01. The highest BCUT2D eigenvalue weighted by molar-refractivity contribution is 6.03. The van der Waals surface area contributed by atoms with Gasteiger partial charge in [-0.1, -0.05) is 13.3 Å². The summed E-state index contributed by atoms with van der Waals surface area (Å²) in [5.74, 6) is 1.06. The Morgan fingerprint density at radius 2 is 1.85 bits per heavy atom. The van der Waals surface area contributed by atoms with Gasteiger partial charge in [0.2, 0.25) is 0 Å². The molecule has 144 valence electrons. The zero-order valence-corrected chi connectivity index (χ0v) is 16.3. The van der Waals surface area contributed by atoms with E-state index in [1.807, 2.05) is 12.1 Å². The van der Waals surface area contributed by atoms with E-state index in [0.717, 1.165) is 38.2 Å². The first kappa shape index (κ1) is 19.1. The number of aryl methyl sites for hydroxylation is 1. The number of benzene rings is 1. The van der Waals surface area contributed by atoms with Crippen molar-refractivity contribution in [3.8, 4) is 0 Å². The van der Waals surface area contributed by atoms with Crippen molar-refractivity contribution >= 4 is 23.1 Å². The highest BCUT2D eigenvalue weighted by atomic mass is 16.1. The van der Waals surface area contributed by atoms with Gasteiger partial charge in [0.15, 0.2) is 0 Å². The van der Waals surface area contributed by atoms with Crippen molar-refractivity contribution in [2.24, 2.45) is 0 Å². The van der Waals surface area contributed by atoms with Gasteiger partial charge in [0.25, 0.3) is 5.91 Å². The van der Waals surface area contributed by atoms with Crippen molar-refractivity contribution in [2.45, 2.75) is 46.0 Å². The van der Waals surface area contributed by atoms with Gasteiger partial charge in [0.05, 0.1) is 0 Å². The minimum Gasteiger partial charge on any atom is -0.372 e. The van der Waals surface area contributed by atoms with Gasteiger partial charge in [0.1, 0.15) is 17.3 Å². The molecule has 0 unspecified atom stereocenters. The number of carbonyl (C=O) groups is 1. The van der Waals surface area contributed by atoms with Gasteiger partial charge in [-0.3, -0.25) is 4.79 Å². The lowest BCUT2D eigenvalue weighted by molar-refractivity contribution is 0.102. The monoisotopic (exact) mass is 367 g/mol. The lowest BCUT2D eigenvalue weighted by atomic mass is 10.1. The lowest BCUT2D eigenvalue weighted by Gasteiger charge is -2.28. The molecule has 1 aliphatic heterocycles. The van der Waals surface area contributed by atoms with Crippen LogP contribution in [0.3, 0.4) is 0 Å². The Morgan fingerprint density at radius 1 is 1.11 bits per heavy atom. The summed E-state index contributed by atoms with van der Waals surface area (Å²) in [6.45, 7) is 7.00. The maximum atomic E-state index is 12.6. The number of rotatable bonds is 7. The number of amides is 1. The molecule has 1 aliphatic rings. The Balaban J connectivity index is 1.64. The van der Waals surface area contributed by atoms with Crippen molar-refractivity contribution in [3.05, 3.63) is 41.9 Å². The minimum absolute atomic E-state index is 0.218. The van der Waals surface area contributed by atoms with Gasteiger partial charge in [-0.05, 0) is 56.9 Å². The fraction of sp³-hybridized carbons (Fsp3) is 0.476. The highest BCUT2D eigenvalue weighted by Gasteiger charge is 2.13. The van der Waals surface area contributed by atoms with E-state index in [2.05, 4.69) is 44.6 Å². The fourth-order valence-corrected chi connectivity index (χ4v) is 3.27. The zero-order valence-electron chi connectivity index (χ0n) is 16.3. The summed E-state index contributed by atoms with van der Waals surface area (Å²) in [6.07, 6.45) is 5.99. The normalized spacial score (nSPS) is 14.1. The first-order valence-electron chi connectivity index (χ1n) is 9.91. The quantitative estimate of drug-likeness (QED) is 0.716. The second-order valence-corrected chi connectivity index (χ2v) is 7.01. The molecule has 0 aliphatic carbocycles. The van der Waals surface area contributed by atoms with Crippen LogP contribution in [0.2, 0.25) is 0 Å². The number of nitrogens with zero attached hydrogens (tertiary/aromatic N) is 3. The smallest absolute Gasteiger partial charge is 0.274 e. The Labute approximate surface area is 161 Å². The van der Waals surface area contributed by atoms with Crippen LogP contribution in [0.1, 0.15) is 55.3 Å². The Morgan fingerprint density at radius 3 is 2.56 bits per heavy atom. The number of aromatic nitrogens is 2. The molecule has 0 bridgehead atoms. The number of unbranched alkanes of at least 4 members (excludes halogenated alkanes) is 1. The summed E-state index contributed by atoms with van der Waals surface area (Å²) in [6, 6.07) is 9.76. The first-order chi connectivity index (χ1) is 13.2. The zero-order chi connectivity index (χ0) is 19.1. The minimum atomic E-state index is -0.218. The van der Waals surface area contributed by atoms with Crippen LogP contribution in [0, 0.1) is 6.92 Å². The predicted octanol–water partition coefficient (Wildman–Crippen LogP) is 4.24. The molecule has 2 heterocycles. The largest absolute Gasteiger partial charge is 0.372 e. The molecule has 1 aromatic carbocycles. The summed E-state index contributed by atoms with van der Waals surface area (Å²) in [5, 5.41) is 6.19. The number of hydrogen-bond donors (Lipinski definition) is 2. The number of carbonyl (C=O) groups excluding carboxylic acids is 1. The SMILES string of the molecule is CCCCNc1cc(C(=O)Nc2ccc(N3CCCCC3)cc2)nc(C)n1. The first-order valence-corrected chi connectivity index (χ1v) is 9.91. The molecule has 6 heteroatoms. The Hall–Kier alpha value is -2.63. The van der Waals surface area contributed by atoms with Gasteiger partial charge in [-0.25, -0.2) is 9.97 Å². The summed E-state index contributed by atoms with van der Waals surface area (Å²) >= 11 is 0. The van der Waals surface area contributed by atoms with E-state index in [0.29, 0.717) is 17.3 Å². The molecule has 0 spiro atoms.